The molecule has 0 aliphatic heterocycles. The third-order valence-electron chi connectivity index (χ3n) is 2.59. The molecule has 2 N–H and O–H groups in total. The molecular formula is C12H15N3S. The Balaban J connectivity index is 2.35. The lowest BCUT2D eigenvalue weighted by Crippen LogP contribution is -1.95. The van der Waals surface area contributed by atoms with Crippen molar-refractivity contribution in [2.75, 3.05) is 0 Å². The lowest BCUT2D eigenvalue weighted by molar-refractivity contribution is 0.867. The summed E-state index contributed by atoms with van der Waals surface area (Å²) in [6.07, 6.45) is 0. The topological polar surface area (TPSA) is 51.8 Å². The normalized spacial score (nSPS) is 11.0. The summed E-state index contributed by atoms with van der Waals surface area (Å²) in [6, 6.07) is 8.45. The zero-order valence-corrected chi connectivity index (χ0v) is 10.3. The second kappa shape index (κ2) is 4.72. The Kier molecular flexibility index (Phi) is 3.31. The summed E-state index contributed by atoms with van der Waals surface area (Å²) < 4.78 is 3.94. The Bertz CT molecular complexity index is 459. The maximum Gasteiger partial charge on any atom is 0.110 e. The Labute approximate surface area is 99.5 Å². The van der Waals surface area contributed by atoms with Gasteiger partial charge in [0.2, 0.25) is 0 Å². The van der Waals surface area contributed by atoms with Crippen molar-refractivity contribution in [3.05, 3.63) is 34.7 Å². The Morgan fingerprint density at radius 2 is 1.94 bits per heavy atom. The van der Waals surface area contributed by atoms with Gasteiger partial charge < -0.3 is 5.73 Å². The molecule has 1 heterocycles. The van der Waals surface area contributed by atoms with Crippen LogP contribution in [-0.4, -0.2) is 9.59 Å². The molecule has 0 aliphatic carbocycles. The highest BCUT2D eigenvalue weighted by Gasteiger charge is 2.09. The summed E-state index contributed by atoms with van der Waals surface area (Å²) in [4.78, 5) is 1.04. The van der Waals surface area contributed by atoms with Gasteiger partial charge in [-0.25, -0.2) is 0 Å². The smallest absolute Gasteiger partial charge is 0.110 e. The minimum atomic E-state index is 0.499. The monoisotopic (exact) mass is 233 g/mol. The van der Waals surface area contributed by atoms with Crippen LogP contribution >= 0.6 is 11.5 Å². The quantitative estimate of drug-likeness (QED) is 0.887. The summed E-state index contributed by atoms with van der Waals surface area (Å²) >= 11 is 1.37. The minimum absolute atomic E-state index is 0.499. The molecule has 16 heavy (non-hydrogen) atoms. The molecular weight excluding hydrogens is 218 g/mol. The molecule has 1 aromatic heterocycles. The van der Waals surface area contributed by atoms with Gasteiger partial charge >= 0.3 is 0 Å². The molecule has 0 spiro atoms. The second-order valence-corrected chi connectivity index (χ2v) is 4.86. The molecule has 0 aliphatic rings. The van der Waals surface area contributed by atoms with Crippen LogP contribution in [-0.2, 0) is 6.54 Å². The molecule has 84 valence electrons. The molecule has 3 nitrogen and oxygen atoms in total. The van der Waals surface area contributed by atoms with Crippen molar-refractivity contribution in [2.45, 2.75) is 26.3 Å². The fourth-order valence-corrected chi connectivity index (χ4v) is 2.13. The molecule has 0 saturated heterocycles. The highest BCUT2D eigenvalue weighted by Crippen LogP contribution is 2.25. The van der Waals surface area contributed by atoms with E-state index in [1.165, 1.54) is 17.1 Å². The van der Waals surface area contributed by atoms with E-state index in [0.717, 1.165) is 16.1 Å². The van der Waals surface area contributed by atoms with Crippen molar-refractivity contribution in [2.24, 2.45) is 5.73 Å². The summed E-state index contributed by atoms with van der Waals surface area (Å²) in [7, 11) is 0. The average molecular weight is 233 g/mol. The van der Waals surface area contributed by atoms with Crippen molar-refractivity contribution >= 4 is 11.5 Å². The van der Waals surface area contributed by atoms with Gasteiger partial charge in [-0.3, -0.25) is 0 Å². The molecule has 0 bridgehead atoms. The first kappa shape index (κ1) is 11.2. The molecule has 4 heteroatoms. The number of hydrogen-bond donors (Lipinski definition) is 1. The van der Waals surface area contributed by atoms with Crippen LogP contribution in [0.2, 0.25) is 0 Å². The third-order valence-corrected chi connectivity index (χ3v) is 3.34. The summed E-state index contributed by atoms with van der Waals surface area (Å²) in [5.74, 6) is 0.552. The van der Waals surface area contributed by atoms with E-state index >= 15 is 0 Å². The van der Waals surface area contributed by atoms with E-state index in [0.29, 0.717) is 12.5 Å². The van der Waals surface area contributed by atoms with Crippen molar-refractivity contribution in [1.82, 2.24) is 9.59 Å². The van der Waals surface area contributed by atoms with Crippen molar-refractivity contribution in [3.63, 3.8) is 0 Å². The van der Waals surface area contributed by atoms with Crippen LogP contribution in [0.3, 0.4) is 0 Å². The predicted molar refractivity (Wildman–Crippen MR) is 67.3 cm³/mol. The number of aromatic nitrogens is 2. The van der Waals surface area contributed by atoms with E-state index in [-0.39, 0.29) is 0 Å². The highest BCUT2D eigenvalue weighted by molar-refractivity contribution is 7.05. The minimum Gasteiger partial charge on any atom is -0.326 e. The van der Waals surface area contributed by atoms with Crippen LogP contribution in [0.4, 0.5) is 0 Å². The largest absolute Gasteiger partial charge is 0.326 e. The molecule has 2 rings (SSSR count). The van der Waals surface area contributed by atoms with Crippen LogP contribution in [0.15, 0.2) is 24.3 Å². The van der Waals surface area contributed by atoms with Gasteiger partial charge in [0.1, 0.15) is 5.69 Å². The Hall–Kier alpha value is -1.26. The molecule has 0 fully saturated rings. The van der Waals surface area contributed by atoms with Gasteiger partial charge in [0.05, 0.1) is 4.88 Å². The van der Waals surface area contributed by atoms with E-state index in [4.69, 9.17) is 5.73 Å². The van der Waals surface area contributed by atoms with Gasteiger partial charge in [-0.05, 0) is 23.0 Å². The molecule has 0 saturated carbocycles. The van der Waals surface area contributed by atoms with E-state index < -0.39 is 0 Å². The summed E-state index contributed by atoms with van der Waals surface area (Å²) in [5.41, 5.74) is 8.99. The predicted octanol–water partition coefficient (Wildman–Crippen LogP) is 2.79. The van der Waals surface area contributed by atoms with E-state index in [9.17, 15) is 0 Å². The lowest BCUT2D eigenvalue weighted by atomic mass is 10.0. The van der Waals surface area contributed by atoms with Gasteiger partial charge in [-0.15, -0.1) is 5.10 Å². The zero-order chi connectivity index (χ0) is 11.5. The van der Waals surface area contributed by atoms with Crippen LogP contribution in [0.1, 0.15) is 30.2 Å². The average Bonchev–Trinajstić information content (AvgIpc) is 2.77. The van der Waals surface area contributed by atoms with Crippen LogP contribution in [0.5, 0.6) is 0 Å². The zero-order valence-electron chi connectivity index (χ0n) is 9.47. The SMILES string of the molecule is CC(C)c1ccc(-c2nnsc2CN)cc1. The van der Waals surface area contributed by atoms with Gasteiger partial charge in [0, 0.05) is 12.1 Å². The first-order valence-corrected chi connectivity index (χ1v) is 6.11. The van der Waals surface area contributed by atoms with E-state index in [1.807, 2.05) is 0 Å². The van der Waals surface area contributed by atoms with Crippen molar-refractivity contribution < 1.29 is 0 Å². The first-order chi connectivity index (χ1) is 7.72. The Morgan fingerprint density at radius 1 is 1.25 bits per heavy atom. The van der Waals surface area contributed by atoms with Gasteiger partial charge in [0.15, 0.2) is 0 Å². The standard InChI is InChI=1S/C12H15N3S/c1-8(2)9-3-5-10(6-4-9)12-11(7-13)16-15-14-12/h3-6,8H,7,13H2,1-2H3. The Morgan fingerprint density at radius 3 is 2.50 bits per heavy atom. The van der Waals surface area contributed by atoms with E-state index in [2.05, 4.69) is 47.7 Å². The maximum atomic E-state index is 5.64. The number of benzene rings is 1. The fourth-order valence-electron chi connectivity index (χ4n) is 1.59. The lowest BCUT2D eigenvalue weighted by Gasteiger charge is -2.05. The maximum absolute atomic E-state index is 5.64. The number of hydrogen-bond acceptors (Lipinski definition) is 4. The number of rotatable bonds is 3. The summed E-state index contributed by atoms with van der Waals surface area (Å²) in [6.45, 7) is 4.87. The second-order valence-electron chi connectivity index (χ2n) is 4.03. The van der Waals surface area contributed by atoms with Gasteiger partial charge in [-0.1, -0.05) is 42.6 Å². The molecule has 0 atom stereocenters. The molecule has 2 aromatic rings. The van der Waals surface area contributed by atoms with Crippen LogP contribution in [0, 0.1) is 0 Å². The third kappa shape index (κ3) is 2.13. The molecule has 0 amide bonds. The van der Waals surface area contributed by atoms with Crippen molar-refractivity contribution in [1.29, 1.82) is 0 Å². The van der Waals surface area contributed by atoms with Gasteiger partial charge in [-0.2, -0.15) is 0 Å². The van der Waals surface area contributed by atoms with E-state index in [1.54, 1.807) is 0 Å². The van der Waals surface area contributed by atoms with Gasteiger partial charge in [0.25, 0.3) is 0 Å². The number of nitrogens with two attached hydrogens (primary N) is 1. The van der Waals surface area contributed by atoms with Crippen molar-refractivity contribution in [3.8, 4) is 11.3 Å². The molecule has 1 aromatic carbocycles. The highest BCUT2D eigenvalue weighted by atomic mass is 32.1. The molecule has 0 unspecified atom stereocenters. The number of nitrogens with zero attached hydrogens (tertiary/aromatic N) is 2. The molecule has 0 radical (unpaired) electrons. The van der Waals surface area contributed by atoms with Crippen LogP contribution in [0.25, 0.3) is 11.3 Å². The fraction of sp³-hybridized carbons (Fsp3) is 0.333. The van der Waals surface area contributed by atoms with Crippen LogP contribution < -0.4 is 5.73 Å². The first-order valence-electron chi connectivity index (χ1n) is 5.34. The summed E-state index contributed by atoms with van der Waals surface area (Å²) in [5, 5.41) is 4.12.